The van der Waals surface area contributed by atoms with Gasteiger partial charge in [0, 0.05) is 26.0 Å². The summed E-state index contributed by atoms with van der Waals surface area (Å²) in [6.07, 6.45) is 4.42. The van der Waals surface area contributed by atoms with Gasteiger partial charge in [-0.2, -0.15) is 5.43 Å². The van der Waals surface area contributed by atoms with Crippen LogP contribution in [-0.4, -0.2) is 25.1 Å². The number of nitrogens with zero attached hydrogens (tertiary/aromatic N) is 2. The number of halogens is 1. The molecular weight excluding hydrogens is 210 g/mol. The molecular formula is C11H17ClN3+. The fourth-order valence-corrected chi connectivity index (χ4v) is 2.37. The highest BCUT2D eigenvalue weighted by Gasteiger charge is 2.34. The molecule has 1 aromatic heterocycles. The zero-order valence-corrected chi connectivity index (χ0v) is 10.0. The van der Waals surface area contributed by atoms with Gasteiger partial charge in [-0.05, 0) is 12.5 Å². The predicted octanol–water partition coefficient (Wildman–Crippen LogP) is 2.28. The van der Waals surface area contributed by atoms with Crippen molar-refractivity contribution in [1.82, 2.24) is 15.0 Å². The molecule has 0 amide bonds. The molecule has 2 heterocycles. The van der Waals surface area contributed by atoms with E-state index in [0.717, 1.165) is 23.2 Å². The molecule has 4 heteroatoms. The second kappa shape index (κ2) is 4.08. The SMILES string of the molecule is CN[N+]1(c2cnc(Cl)c(C)c2)CCCC1. The lowest BCUT2D eigenvalue weighted by atomic mass is 10.2. The van der Waals surface area contributed by atoms with E-state index in [4.69, 9.17) is 11.6 Å². The number of aromatic nitrogens is 1. The number of nitrogens with one attached hydrogen (secondary N) is 1. The molecule has 0 atom stereocenters. The van der Waals surface area contributed by atoms with Crippen LogP contribution in [0, 0.1) is 6.92 Å². The monoisotopic (exact) mass is 226 g/mol. The van der Waals surface area contributed by atoms with Crippen LogP contribution in [0.3, 0.4) is 0 Å². The fraction of sp³-hybridized carbons (Fsp3) is 0.545. The van der Waals surface area contributed by atoms with E-state index in [1.165, 1.54) is 18.5 Å². The number of hydrogen-bond acceptors (Lipinski definition) is 2. The standard InChI is InChI=1S/C11H17ClN3/c1-9-7-10(8-14-11(9)12)15(13-2)5-3-4-6-15/h7-8,13H,3-6H2,1-2H3/q+1. The Morgan fingerprint density at radius 3 is 2.60 bits per heavy atom. The molecule has 3 nitrogen and oxygen atoms in total. The smallest absolute Gasteiger partial charge is 0.171 e. The van der Waals surface area contributed by atoms with Crippen LogP contribution in [0.25, 0.3) is 0 Å². The molecule has 1 aromatic rings. The van der Waals surface area contributed by atoms with Crippen molar-refractivity contribution in [2.45, 2.75) is 19.8 Å². The first kappa shape index (κ1) is 10.9. The van der Waals surface area contributed by atoms with E-state index in [1.54, 1.807) is 0 Å². The highest BCUT2D eigenvalue weighted by Crippen LogP contribution is 2.28. The average molecular weight is 227 g/mol. The summed E-state index contributed by atoms with van der Waals surface area (Å²) in [4.78, 5) is 4.23. The van der Waals surface area contributed by atoms with Gasteiger partial charge in [0.05, 0.1) is 6.20 Å². The van der Waals surface area contributed by atoms with E-state index in [1.807, 2.05) is 20.2 Å². The third-order valence-electron chi connectivity index (χ3n) is 3.25. The minimum Gasteiger partial charge on any atom is -0.238 e. The van der Waals surface area contributed by atoms with E-state index >= 15 is 0 Å². The van der Waals surface area contributed by atoms with Crippen LogP contribution >= 0.6 is 11.6 Å². The Kier molecular flexibility index (Phi) is 2.96. The molecule has 0 radical (unpaired) electrons. The van der Waals surface area contributed by atoms with Gasteiger partial charge < -0.3 is 0 Å². The zero-order valence-electron chi connectivity index (χ0n) is 9.26. The van der Waals surface area contributed by atoms with E-state index in [-0.39, 0.29) is 0 Å². The Bertz CT molecular complexity index is 359. The van der Waals surface area contributed by atoms with Crippen LogP contribution in [0.15, 0.2) is 12.3 Å². The molecule has 0 aliphatic carbocycles. The van der Waals surface area contributed by atoms with Crippen molar-refractivity contribution in [2.75, 3.05) is 20.1 Å². The Hall–Kier alpha value is -0.640. The molecule has 0 saturated carbocycles. The van der Waals surface area contributed by atoms with Crippen LogP contribution < -0.4 is 10.0 Å². The minimum atomic E-state index is 0.604. The van der Waals surface area contributed by atoms with E-state index in [9.17, 15) is 0 Å². The molecule has 1 saturated heterocycles. The largest absolute Gasteiger partial charge is 0.238 e. The molecule has 2 rings (SSSR count). The summed E-state index contributed by atoms with van der Waals surface area (Å²) in [5.74, 6) is 0. The second-order valence-corrected chi connectivity index (χ2v) is 4.51. The molecule has 0 bridgehead atoms. The van der Waals surface area contributed by atoms with Gasteiger partial charge in [-0.25, -0.2) is 9.58 Å². The minimum absolute atomic E-state index is 0.604. The first-order valence-corrected chi connectivity index (χ1v) is 5.74. The van der Waals surface area contributed by atoms with E-state index < -0.39 is 0 Å². The highest BCUT2D eigenvalue weighted by molar-refractivity contribution is 6.30. The quantitative estimate of drug-likeness (QED) is 0.618. The summed E-state index contributed by atoms with van der Waals surface area (Å²) in [7, 11) is 2.01. The van der Waals surface area contributed by atoms with Gasteiger partial charge in [0.2, 0.25) is 0 Å². The molecule has 82 valence electrons. The van der Waals surface area contributed by atoms with Crippen molar-refractivity contribution in [3.63, 3.8) is 0 Å². The summed E-state index contributed by atoms with van der Waals surface area (Å²) < 4.78 is 0.838. The van der Waals surface area contributed by atoms with Crippen molar-refractivity contribution in [2.24, 2.45) is 0 Å². The summed E-state index contributed by atoms with van der Waals surface area (Å²) in [6, 6.07) is 2.14. The first-order chi connectivity index (χ1) is 7.18. The van der Waals surface area contributed by atoms with Crippen LogP contribution in [-0.2, 0) is 0 Å². The number of aryl methyl sites for hydroxylation is 1. The Labute approximate surface area is 95.6 Å². The normalized spacial score (nSPS) is 19.4. The maximum absolute atomic E-state index is 5.94. The molecule has 0 unspecified atom stereocenters. The molecule has 1 aliphatic heterocycles. The summed E-state index contributed by atoms with van der Waals surface area (Å²) in [6.45, 7) is 4.28. The number of rotatable bonds is 2. The number of pyridine rings is 1. The average Bonchev–Trinajstić information content (AvgIpc) is 2.72. The number of quaternary nitrogens is 1. The van der Waals surface area contributed by atoms with E-state index in [0.29, 0.717) is 5.15 Å². The van der Waals surface area contributed by atoms with Gasteiger partial charge in [-0.3, -0.25) is 0 Å². The maximum atomic E-state index is 5.94. The molecule has 0 aromatic carbocycles. The Morgan fingerprint density at radius 1 is 1.40 bits per heavy atom. The molecule has 0 spiro atoms. The summed E-state index contributed by atoms with van der Waals surface area (Å²) in [5, 5.41) is 0.604. The fourth-order valence-electron chi connectivity index (χ4n) is 2.26. The lowest BCUT2D eigenvalue weighted by Crippen LogP contribution is -2.55. The van der Waals surface area contributed by atoms with Crippen LogP contribution in [0.1, 0.15) is 18.4 Å². The molecule has 15 heavy (non-hydrogen) atoms. The molecule has 1 aliphatic rings. The van der Waals surface area contributed by atoms with Gasteiger partial charge in [0.25, 0.3) is 0 Å². The maximum Gasteiger partial charge on any atom is 0.171 e. The van der Waals surface area contributed by atoms with Crippen molar-refractivity contribution in [1.29, 1.82) is 0 Å². The predicted molar refractivity (Wildman–Crippen MR) is 63.8 cm³/mol. The first-order valence-electron chi connectivity index (χ1n) is 5.37. The Morgan fingerprint density at radius 2 is 2.07 bits per heavy atom. The number of hydrogen-bond donors (Lipinski definition) is 1. The lowest BCUT2D eigenvalue weighted by Gasteiger charge is -2.31. The zero-order chi connectivity index (χ0) is 10.9. The molecule has 1 fully saturated rings. The van der Waals surface area contributed by atoms with Gasteiger partial charge >= 0.3 is 0 Å². The van der Waals surface area contributed by atoms with Crippen LogP contribution in [0.4, 0.5) is 5.69 Å². The third kappa shape index (κ3) is 1.87. The van der Waals surface area contributed by atoms with Gasteiger partial charge in [0.15, 0.2) is 5.69 Å². The molecule has 1 N–H and O–H groups in total. The van der Waals surface area contributed by atoms with Crippen LogP contribution in [0.5, 0.6) is 0 Å². The van der Waals surface area contributed by atoms with Crippen LogP contribution in [0.2, 0.25) is 5.15 Å². The van der Waals surface area contributed by atoms with Gasteiger partial charge in [-0.1, -0.05) is 11.6 Å². The van der Waals surface area contributed by atoms with Gasteiger partial charge in [0.1, 0.15) is 18.2 Å². The second-order valence-electron chi connectivity index (χ2n) is 4.15. The van der Waals surface area contributed by atoms with Crippen molar-refractivity contribution < 1.29 is 0 Å². The van der Waals surface area contributed by atoms with E-state index in [2.05, 4.69) is 16.5 Å². The third-order valence-corrected chi connectivity index (χ3v) is 3.65. The lowest BCUT2D eigenvalue weighted by molar-refractivity contribution is 0.259. The highest BCUT2D eigenvalue weighted by atomic mass is 35.5. The Balaban J connectivity index is 2.38. The topological polar surface area (TPSA) is 24.9 Å². The summed E-state index contributed by atoms with van der Waals surface area (Å²) in [5.41, 5.74) is 5.66. The van der Waals surface area contributed by atoms with Gasteiger partial charge in [-0.15, -0.1) is 0 Å². The van der Waals surface area contributed by atoms with Crippen molar-refractivity contribution in [3.05, 3.63) is 23.0 Å². The summed E-state index contributed by atoms with van der Waals surface area (Å²) >= 11 is 5.94. The van der Waals surface area contributed by atoms with Crippen molar-refractivity contribution in [3.8, 4) is 0 Å². The van der Waals surface area contributed by atoms with Crippen molar-refractivity contribution >= 4 is 17.3 Å².